The van der Waals surface area contributed by atoms with E-state index in [1.54, 1.807) is 55.5 Å². The number of Topliss-reactive ketones (excluding diaryl/α,β-unsaturated/α-hetero) is 2. The molecular weight excluding hydrogens is 976 g/mol. The maximum absolute atomic E-state index is 13.9. The number of fused-ring (bicyclic) bond motifs is 5. The minimum atomic E-state index is -2.35. The summed E-state index contributed by atoms with van der Waals surface area (Å²) in [4.78, 5) is 56.6. The molecule has 0 radical (unpaired) electrons. The van der Waals surface area contributed by atoms with Gasteiger partial charge in [0.25, 0.3) is 0 Å². The van der Waals surface area contributed by atoms with Crippen LogP contribution in [0.15, 0.2) is 68.5 Å². The van der Waals surface area contributed by atoms with Crippen LogP contribution in [0.25, 0.3) is 0 Å². The number of aliphatic imine (C=N–C) groups is 4. The Hall–Kier alpha value is -4.97. The van der Waals surface area contributed by atoms with E-state index in [0.29, 0.717) is 42.4 Å². The molecule has 12 atom stereocenters. The Morgan fingerprint density at radius 3 is 1.79 bits per heavy atom. The van der Waals surface area contributed by atoms with E-state index >= 15 is 0 Å². The molecule has 398 valence electrons. The van der Waals surface area contributed by atoms with Crippen molar-refractivity contribution in [2.75, 3.05) is 36.9 Å². The number of nitrogens with two attached hydrogens (primary N) is 4. The molecule has 0 saturated heterocycles. The lowest BCUT2D eigenvalue weighted by molar-refractivity contribution is -0.207. The number of aliphatic hydroxyl groups excluding tert-OH is 7. The Bertz CT molecular complexity index is 2210. The molecule has 0 unspecified atom stereocenters. The van der Waals surface area contributed by atoms with Gasteiger partial charge in [-0.3, -0.25) is 19.6 Å². The van der Waals surface area contributed by atoms with Crippen molar-refractivity contribution in [3.8, 4) is 0 Å². The molecule has 0 bridgehead atoms. The first-order valence-corrected chi connectivity index (χ1v) is 25.1. The molecule has 0 heterocycles. The zero-order valence-corrected chi connectivity index (χ0v) is 42.3. The normalized spacial score (nSPS) is 29.3. The fraction of sp³-hybridized carbons (Fsp3) is 0.612. The number of guanidine groups is 4. The van der Waals surface area contributed by atoms with Crippen molar-refractivity contribution < 1.29 is 54.9 Å². The SMILES string of the molecule is C[C@]12CC[C@@H](O)C[C@H]1CC[C@@H]1[C@@H]2C(=O)C[C@@]2(C)[C@H]1CC[C@]2(OC(=O)[C@H](O)[C@@H](O)[C@H](O)[C@H](O)CO)C(=O)CO.NC(=NCCCCCCN=C(N)N=C(N)Nc1ccc(Cl)cc1)N=C(N)Nc1ccc(Cl)cc1. The van der Waals surface area contributed by atoms with Crippen LogP contribution >= 0.6 is 23.2 Å². The number of esters is 1. The highest BCUT2D eigenvalue weighted by atomic mass is 35.5. The number of ketones is 2. The molecule has 4 aliphatic rings. The van der Waals surface area contributed by atoms with Crippen LogP contribution in [0.1, 0.15) is 90.9 Å². The molecule has 72 heavy (non-hydrogen) atoms. The number of halogens is 2. The predicted octanol–water partition coefficient (Wildman–Crippen LogP) is 2.18. The first kappa shape index (κ1) is 57.9. The van der Waals surface area contributed by atoms with E-state index in [-0.39, 0.29) is 77.7 Å². The van der Waals surface area contributed by atoms with Crippen molar-refractivity contribution in [2.45, 2.75) is 127 Å². The number of rotatable bonds is 17. The van der Waals surface area contributed by atoms with Crippen LogP contribution in [-0.2, 0) is 19.1 Å². The number of anilines is 2. The van der Waals surface area contributed by atoms with Gasteiger partial charge >= 0.3 is 5.97 Å². The number of carbonyl (C=O) groups excluding carboxylic acids is 3. The van der Waals surface area contributed by atoms with E-state index in [1.165, 1.54) is 0 Å². The van der Waals surface area contributed by atoms with Crippen LogP contribution in [0.2, 0.25) is 10.0 Å². The van der Waals surface area contributed by atoms with Crippen LogP contribution < -0.4 is 33.6 Å². The van der Waals surface area contributed by atoms with Gasteiger partial charge < -0.3 is 74.1 Å². The zero-order chi connectivity index (χ0) is 53.0. The summed E-state index contributed by atoms with van der Waals surface area (Å²) in [6, 6.07) is 14.1. The first-order valence-electron chi connectivity index (χ1n) is 24.3. The number of nitrogens with zero attached hydrogens (tertiary/aromatic N) is 4. The number of hydrogen-bond acceptors (Lipinski definition) is 13. The second-order valence-electron chi connectivity index (χ2n) is 19.7. The van der Waals surface area contributed by atoms with Crippen LogP contribution in [0.3, 0.4) is 0 Å². The van der Waals surface area contributed by atoms with Crippen LogP contribution in [0, 0.1) is 34.5 Å². The van der Waals surface area contributed by atoms with Gasteiger partial charge in [-0.05, 0) is 129 Å². The summed E-state index contributed by atoms with van der Waals surface area (Å²) < 4.78 is 5.65. The van der Waals surface area contributed by atoms with Crippen molar-refractivity contribution in [3.05, 3.63) is 58.6 Å². The number of carbonyl (C=O) groups is 3. The lowest BCUT2D eigenvalue weighted by Crippen LogP contribution is -2.64. The van der Waals surface area contributed by atoms with Gasteiger partial charge in [0.2, 0.25) is 29.6 Å². The summed E-state index contributed by atoms with van der Waals surface area (Å²) >= 11 is 11.7. The Morgan fingerprint density at radius 2 is 1.29 bits per heavy atom. The number of ether oxygens (including phenoxy) is 1. The van der Waals surface area contributed by atoms with Crippen molar-refractivity contribution >= 4 is 76.0 Å². The lowest BCUT2D eigenvalue weighted by atomic mass is 9.44. The lowest BCUT2D eigenvalue weighted by Gasteiger charge is -2.60. The summed E-state index contributed by atoms with van der Waals surface area (Å²) in [6.07, 6.45) is -1.14. The summed E-state index contributed by atoms with van der Waals surface area (Å²) in [5.74, 6) is -1.98. The molecule has 4 fully saturated rings. The molecule has 6 rings (SSSR count). The maximum atomic E-state index is 13.9. The number of unbranched alkanes of at least 4 members (excludes halogenated alkanes) is 3. The van der Waals surface area contributed by atoms with E-state index in [4.69, 9.17) is 56.0 Å². The molecule has 2 aromatic rings. The summed E-state index contributed by atoms with van der Waals surface area (Å²) in [6.45, 7) is 3.08. The second-order valence-corrected chi connectivity index (χ2v) is 20.6. The minimum Gasteiger partial charge on any atom is -0.448 e. The maximum Gasteiger partial charge on any atom is 0.338 e. The Kier molecular flexibility index (Phi) is 20.8. The van der Waals surface area contributed by atoms with E-state index in [1.807, 2.05) is 0 Å². The molecule has 2 aromatic carbocycles. The fourth-order valence-electron chi connectivity index (χ4n) is 11.4. The quantitative estimate of drug-likeness (QED) is 0.0467. The van der Waals surface area contributed by atoms with Crippen LogP contribution in [0.4, 0.5) is 11.4 Å². The summed E-state index contributed by atoms with van der Waals surface area (Å²) in [5.41, 5.74) is 21.4. The van der Waals surface area contributed by atoms with Gasteiger partial charge in [-0.15, -0.1) is 0 Å². The molecular formula is C49H72Cl2N10O11. The summed E-state index contributed by atoms with van der Waals surface area (Å²) in [5, 5.41) is 76.3. The first-order chi connectivity index (χ1) is 34.1. The molecule has 0 aromatic heterocycles. The highest BCUT2D eigenvalue weighted by Gasteiger charge is 2.71. The standard InChI is InChI=1S/C27H42O11.C22H30Cl2N10/c1-25-7-5-14(30)9-13(25)3-4-15-16-6-8-27(19(33)12-29,26(16,2)10-17(31)20(15)25)38-24(37)23(36)22(35)21(34)18(32)11-28;23-15-5-9-17(10-6-15)31-21(27)33-19(25)29-13-3-1-2-4-14-30-20(26)34-22(28)32-18-11-7-16(24)8-12-18/h13-16,18,20-23,28-30,32,34-36H,3-12H2,1-2H3;5-12H,1-4,13-14H2,(H5,25,27,29,31,33)(H5,26,28,30,32,34)/t13-,14-,15+,16+,18-,20-,21-,22+,23-,25+,26+,27+;/m1./s1. The third-order valence-corrected chi connectivity index (χ3v) is 15.6. The average Bonchev–Trinajstić information content (AvgIpc) is 3.63. The highest BCUT2D eigenvalue weighted by molar-refractivity contribution is 6.31. The number of aliphatic hydroxyl groups is 7. The Balaban J connectivity index is 0.000000269. The minimum absolute atomic E-state index is 0.0271. The highest BCUT2D eigenvalue weighted by Crippen LogP contribution is 2.68. The van der Waals surface area contributed by atoms with Gasteiger partial charge in [-0.25, -0.2) is 4.79 Å². The largest absolute Gasteiger partial charge is 0.448 e. The van der Waals surface area contributed by atoms with Crippen molar-refractivity contribution in [3.63, 3.8) is 0 Å². The fourth-order valence-corrected chi connectivity index (χ4v) is 11.7. The van der Waals surface area contributed by atoms with Gasteiger partial charge in [0, 0.05) is 52.3 Å². The monoisotopic (exact) mass is 1050 g/mol. The molecule has 4 saturated carbocycles. The van der Waals surface area contributed by atoms with Crippen molar-refractivity contribution in [2.24, 2.45) is 77.4 Å². The molecule has 0 amide bonds. The van der Waals surface area contributed by atoms with E-state index in [2.05, 4.69) is 37.5 Å². The smallest absolute Gasteiger partial charge is 0.338 e. The van der Waals surface area contributed by atoms with E-state index in [9.17, 15) is 45.0 Å². The third-order valence-electron chi connectivity index (χ3n) is 15.1. The number of benzene rings is 2. The number of hydrogen-bond donors (Lipinski definition) is 13. The average molecular weight is 1050 g/mol. The van der Waals surface area contributed by atoms with Gasteiger partial charge in [0.05, 0.1) is 12.7 Å². The van der Waals surface area contributed by atoms with Crippen LogP contribution in [-0.4, -0.2) is 140 Å². The third kappa shape index (κ3) is 14.0. The van der Waals surface area contributed by atoms with E-state index < -0.39 is 60.4 Å². The Labute approximate surface area is 429 Å². The molecule has 23 heteroatoms. The number of nitrogens with one attached hydrogen (secondary N) is 2. The van der Waals surface area contributed by atoms with Gasteiger partial charge in [0.15, 0.2) is 11.7 Å². The topological polar surface area (TPSA) is 380 Å². The summed E-state index contributed by atoms with van der Waals surface area (Å²) in [7, 11) is 0. The van der Waals surface area contributed by atoms with Crippen molar-refractivity contribution in [1.29, 1.82) is 0 Å². The van der Waals surface area contributed by atoms with Gasteiger partial charge in [-0.2, -0.15) is 9.98 Å². The molecule has 0 spiro atoms. The van der Waals surface area contributed by atoms with Crippen molar-refractivity contribution in [1.82, 2.24) is 0 Å². The van der Waals surface area contributed by atoms with Gasteiger partial charge in [0.1, 0.15) is 30.7 Å². The van der Waals surface area contributed by atoms with Gasteiger partial charge in [-0.1, -0.05) is 49.9 Å². The predicted molar refractivity (Wildman–Crippen MR) is 275 cm³/mol. The van der Waals surface area contributed by atoms with E-state index in [0.717, 1.165) is 56.3 Å². The van der Waals surface area contributed by atoms with Crippen LogP contribution in [0.5, 0.6) is 0 Å². The zero-order valence-electron chi connectivity index (χ0n) is 40.7. The molecule has 17 N–H and O–H groups in total. The second kappa shape index (κ2) is 25.8. The Morgan fingerprint density at radius 1 is 0.764 bits per heavy atom. The molecule has 4 aliphatic carbocycles. The molecule has 21 nitrogen and oxygen atoms in total. The molecule has 0 aliphatic heterocycles.